The Kier molecular flexibility index (Phi) is 5.97. The Bertz CT molecular complexity index is 530. The van der Waals surface area contributed by atoms with Crippen LogP contribution in [0.2, 0.25) is 0 Å². The maximum Gasteiger partial charge on any atom is 0.254 e. The molecule has 0 aliphatic carbocycles. The topological polar surface area (TPSA) is 64.8 Å². The lowest BCUT2D eigenvalue weighted by Gasteiger charge is -2.31. The number of rotatable bonds is 7. The van der Waals surface area contributed by atoms with Crippen molar-refractivity contribution in [1.29, 1.82) is 0 Å². The lowest BCUT2D eigenvalue weighted by Crippen LogP contribution is -2.43. The summed E-state index contributed by atoms with van der Waals surface area (Å²) in [6, 6.07) is 5.35. The van der Waals surface area contributed by atoms with Gasteiger partial charge < -0.3 is 20.1 Å². The summed E-state index contributed by atoms with van der Waals surface area (Å²) in [4.78, 5) is 14.5. The first kappa shape index (κ1) is 17.4. The van der Waals surface area contributed by atoms with E-state index in [-0.39, 0.29) is 18.0 Å². The second-order valence-corrected chi connectivity index (χ2v) is 6.25. The first-order valence-corrected chi connectivity index (χ1v) is 8.38. The predicted octanol–water partition coefficient (Wildman–Crippen LogP) is 2.69. The highest BCUT2D eigenvalue weighted by atomic mass is 79.9. The second kappa shape index (κ2) is 7.55. The van der Waals surface area contributed by atoms with Crippen molar-refractivity contribution in [2.75, 3.05) is 19.8 Å². The van der Waals surface area contributed by atoms with Gasteiger partial charge in [0.15, 0.2) is 6.29 Å². The van der Waals surface area contributed by atoms with Crippen molar-refractivity contribution in [2.24, 2.45) is 5.73 Å². The van der Waals surface area contributed by atoms with Crippen LogP contribution in [0.25, 0.3) is 0 Å². The van der Waals surface area contributed by atoms with Crippen LogP contribution in [0.5, 0.6) is 0 Å². The van der Waals surface area contributed by atoms with Gasteiger partial charge >= 0.3 is 0 Å². The maximum absolute atomic E-state index is 12.7. The zero-order chi connectivity index (χ0) is 16.3. The Hall–Kier alpha value is -0.950. The summed E-state index contributed by atoms with van der Waals surface area (Å²) in [7, 11) is 0. The molecule has 5 nitrogen and oxygen atoms in total. The van der Waals surface area contributed by atoms with E-state index >= 15 is 0 Å². The Balaban J connectivity index is 2.29. The van der Waals surface area contributed by atoms with Crippen LogP contribution in [-0.4, -0.2) is 42.9 Å². The Morgan fingerprint density at radius 2 is 1.95 bits per heavy atom. The molecule has 0 spiro atoms. The normalized spacial score (nSPS) is 18.9. The third-order valence-corrected chi connectivity index (χ3v) is 4.20. The highest BCUT2D eigenvalue weighted by molar-refractivity contribution is 9.10. The molecule has 1 aromatic carbocycles. The van der Waals surface area contributed by atoms with Gasteiger partial charge in [-0.15, -0.1) is 0 Å². The highest BCUT2D eigenvalue weighted by Gasteiger charge is 2.39. The van der Waals surface area contributed by atoms with Crippen molar-refractivity contribution in [3.63, 3.8) is 0 Å². The van der Waals surface area contributed by atoms with Crippen LogP contribution in [-0.2, 0) is 9.47 Å². The fourth-order valence-electron chi connectivity index (χ4n) is 2.87. The molecule has 1 aliphatic rings. The maximum atomic E-state index is 12.7. The Labute approximate surface area is 139 Å². The van der Waals surface area contributed by atoms with Crippen LogP contribution in [0.15, 0.2) is 22.7 Å². The average molecular weight is 371 g/mol. The van der Waals surface area contributed by atoms with Crippen LogP contribution in [0.3, 0.4) is 0 Å². The number of fused-ring (bicyclic) bond motifs is 1. The number of nitrogens with two attached hydrogens (primary N) is 1. The number of benzene rings is 1. The average Bonchev–Trinajstić information content (AvgIpc) is 2.72. The molecule has 2 atom stereocenters. The van der Waals surface area contributed by atoms with Gasteiger partial charge in [0.25, 0.3) is 5.91 Å². The molecule has 0 bridgehead atoms. The predicted molar refractivity (Wildman–Crippen MR) is 88.6 cm³/mol. The third-order valence-electron chi connectivity index (χ3n) is 3.71. The molecule has 6 heteroatoms. The molecule has 122 valence electrons. The van der Waals surface area contributed by atoms with Gasteiger partial charge in [0, 0.05) is 29.3 Å². The number of ether oxygens (including phenoxy) is 2. The quantitative estimate of drug-likeness (QED) is 0.749. The smallest absolute Gasteiger partial charge is 0.254 e. The zero-order valence-corrected chi connectivity index (χ0v) is 14.8. The van der Waals surface area contributed by atoms with Crippen molar-refractivity contribution in [1.82, 2.24) is 4.90 Å². The number of halogens is 1. The number of hydrogen-bond donors (Lipinski definition) is 1. The Morgan fingerprint density at radius 1 is 1.32 bits per heavy atom. The van der Waals surface area contributed by atoms with E-state index < -0.39 is 6.29 Å². The largest absolute Gasteiger partial charge is 0.351 e. The van der Waals surface area contributed by atoms with Crippen molar-refractivity contribution in [2.45, 2.75) is 39.1 Å². The molecule has 2 N–H and O–H groups in total. The van der Waals surface area contributed by atoms with Gasteiger partial charge in [0.05, 0.1) is 12.6 Å². The number of amides is 1. The summed E-state index contributed by atoms with van der Waals surface area (Å²) in [5.74, 6) is -0.0193. The number of carbonyl (C=O) groups excluding carboxylic acids is 1. The minimum Gasteiger partial charge on any atom is -0.351 e. The number of hydrogen-bond acceptors (Lipinski definition) is 4. The third kappa shape index (κ3) is 3.51. The molecule has 2 unspecified atom stereocenters. The van der Waals surface area contributed by atoms with E-state index in [2.05, 4.69) is 15.9 Å². The second-order valence-electron chi connectivity index (χ2n) is 5.33. The zero-order valence-electron chi connectivity index (χ0n) is 13.2. The van der Waals surface area contributed by atoms with Gasteiger partial charge in [-0.1, -0.05) is 15.9 Å². The molecule has 2 rings (SSSR count). The highest BCUT2D eigenvalue weighted by Crippen LogP contribution is 2.37. The van der Waals surface area contributed by atoms with Crippen LogP contribution in [0.4, 0.5) is 0 Å². The first-order valence-electron chi connectivity index (χ1n) is 7.58. The van der Waals surface area contributed by atoms with Crippen LogP contribution in [0, 0.1) is 0 Å². The summed E-state index contributed by atoms with van der Waals surface area (Å²) in [5.41, 5.74) is 7.81. The molecule has 1 heterocycles. The van der Waals surface area contributed by atoms with Gasteiger partial charge in [-0.2, -0.15) is 0 Å². The van der Waals surface area contributed by atoms with E-state index in [1.807, 2.05) is 39.0 Å². The minimum absolute atomic E-state index is 0.0193. The molecular weight excluding hydrogens is 348 g/mol. The molecule has 1 aliphatic heterocycles. The van der Waals surface area contributed by atoms with Crippen molar-refractivity contribution in [3.8, 4) is 0 Å². The fraction of sp³-hybridized carbons (Fsp3) is 0.562. The lowest BCUT2D eigenvalue weighted by molar-refractivity contribution is -0.146. The summed E-state index contributed by atoms with van der Waals surface area (Å²) in [6.07, 6.45) is -0.432. The SMILES string of the molecule is CCOC(CN1C(=O)c2ccc(Br)cc2C1C(C)N)OCC. The van der Waals surface area contributed by atoms with Crippen LogP contribution in [0.1, 0.15) is 42.7 Å². The van der Waals surface area contributed by atoms with Gasteiger partial charge in [-0.05, 0) is 44.5 Å². The monoisotopic (exact) mass is 370 g/mol. The van der Waals surface area contributed by atoms with Crippen LogP contribution < -0.4 is 5.73 Å². The molecule has 0 saturated carbocycles. The number of carbonyl (C=O) groups is 1. The molecule has 1 amide bonds. The van der Waals surface area contributed by atoms with E-state index in [4.69, 9.17) is 15.2 Å². The van der Waals surface area contributed by atoms with Crippen molar-refractivity contribution >= 4 is 21.8 Å². The fourth-order valence-corrected chi connectivity index (χ4v) is 3.25. The van der Waals surface area contributed by atoms with Crippen LogP contribution >= 0.6 is 15.9 Å². The molecular formula is C16H23BrN2O3. The summed E-state index contributed by atoms with van der Waals surface area (Å²) in [6.45, 7) is 7.18. The van der Waals surface area contributed by atoms with Gasteiger partial charge in [0.1, 0.15) is 0 Å². The van der Waals surface area contributed by atoms with Gasteiger partial charge in [0.2, 0.25) is 0 Å². The molecule has 22 heavy (non-hydrogen) atoms. The standard InChI is InChI=1S/C16H23BrN2O3/c1-4-21-14(22-5-2)9-19-15(10(3)18)13-8-11(17)6-7-12(13)16(19)20/h6-8,10,14-15H,4-5,9,18H2,1-3H3. The van der Waals surface area contributed by atoms with E-state index in [9.17, 15) is 4.79 Å². The van der Waals surface area contributed by atoms with Gasteiger partial charge in [-0.3, -0.25) is 4.79 Å². The molecule has 1 aromatic rings. The molecule has 0 aromatic heterocycles. The molecule has 0 fully saturated rings. The molecule has 0 radical (unpaired) electrons. The minimum atomic E-state index is -0.432. The Morgan fingerprint density at radius 3 is 2.50 bits per heavy atom. The van der Waals surface area contributed by atoms with Gasteiger partial charge in [-0.25, -0.2) is 0 Å². The summed E-state index contributed by atoms with van der Waals surface area (Å²) in [5, 5.41) is 0. The number of nitrogens with zero attached hydrogens (tertiary/aromatic N) is 1. The lowest BCUT2D eigenvalue weighted by atomic mass is 10.00. The first-order chi connectivity index (χ1) is 10.5. The van der Waals surface area contributed by atoms with E-state index in [1.165, 1.54) is 0 Å². The van der Waals surface area contributed by atoms with E-state index in [1.54, 1.807) is 4.90 Å². The summed E-state index contributed by atoms with van der Waals surface area (Å²) < 4.78 is 12.1. The van der Waals surface area contributed by atoms with E-state index in [0.717, 1.165) is 10.0 Å². The van der Waals surface area contributed by atoms with Crippen molar-refractivity contribution in [3.05, 3.63) is 33.8 Å². The summed E-state index contributed by atoms with van der Waals surface area (Å²) >= 11 is 3.46. The van der Waals surface area contributed by atoms with E-state index in [0.29, 0.717) is 25.3 Å². The van der Waals surface area contributed by atoms with Crippen molar-refractivity contribution < 1.29 is 14.3 Å². The molecule has 0 saturated heterocycles.